The van der Waals surface area contributed by atoms with Gasteiger partial charge in [0.2, 0.25) is 5.91 Å². The Morgan fingerprint density at radius 3 is 2.32 bits per heavy atom. The van der Waals surface area contributed by atoms with Crippen LogP contribution in [-0.2, 0) is 4.79 Å². The molecule has 0 spiro atoms. The number of allylic oxidation sites excluding steroid dienone is 2. The van der Waals surface area contributed by atoms with Gasteiger partial charge in [0, 0.05) is 13.1 Å². The zero-order chi connectivity index (χ0) is 30.7. The molecule has 6 aliphatic rings. The molecule has 1 aromatic carbocycles. The van der Waals surface area contributed by atoms with Gasteiger partial charge in [0.15, 0.2) is 0 Å². The Labute approximate surface area is 265 Å². The van der Waals surface area contributed by atoms with Crippen LogP contribution in [0.25, 0.3) is 5.57 Å². The maximum atomic E-state index is 13.9. The summed E-state index contributed by atoms with van der Waals surface area (Å²) in [6, 6.07) is 7.58. The summed E-state index contributed by atoms with van der Waals surface area (Å²) in [6.45, 7) is 11.8. The molecule has 240 valence electrons. The van der Waals surface area contributed by atoms with E-state index in [1.807, 2.05) is 12.1 Å². The van der Waals surface area contributed by atoms with E-state index < -0.39 is 5.97 Å². The number of carbonyl (C=O) groups is 2. The van der Waals surface area contributed by atoms with Crippen LogP contribution in [0, 0.1) is 51.8 Å². The molecule has 5 nitrogen and oxygen atoms in total. The summed E-state index contributed by atoms with van der Waals surface area (Å²) in [5.74, 6) is 3.85. The third kappa shape index (κ3) is 4.90. The van der Waals surface area contributed by atoms with Crippen LogP contribution in [0.15, 0.2) is 30.3 Å². The molecule has 44 heavy (non-hydrogen) atoms. The number of hydrogen-bond donors (Lipinski definition) is 2. The van der Waals surface area contributed by atoms with Gasteiger partial charge in [-0.05, 0) is 153 Å². The van der Waals surface area contributed by atoms with E-state index in [4.69, 9.17) is 0 Å². The molecule has 0 bridgehead atoms. The normalized spacial score (nSPS) is 39.7. The number of carbonyl (C=O) groups excluding carboxylic acids is 1. The van der Waals surface area contributed by atoms with E-state index in [1.165, 1.54) is 88.4 Å². The molecule has 5 aliphatic carbocycles. The highest BCUT2D eigenvalue weighted by Crippen LogP contribution is 2.69. The summed E-state index contributed by atoms with van der Waals surface area (Å²) in [6.07, 6.45) is 18.9. The Hall–Kier alpha value is -2.14. The summed E-state index contributed by atoms with van der Waals surface area (Å²) in [5.41, 5.74) is 3.21. The van der Waals surface area contributed by atoms with Crippen molar-refractivity contribution in [3.63, 3.8) is 0 Å². The molecule has 1 saturated heterocycles. The number of nitrogens with one attached hydrogen (secondary N) is 1. The molecule has 0 radical (unpaired) electrons. The highest BCUT2D eigenvalue weighted by Gasteiger charge is 2.62. The van der Waals surface area contributed by atoms with Crippen molar-refractivity contribution in [2.75, 3.05) is 26.2 Å². The van der Waals surface area contributed by atoms with Crippen molar-refractivity contribution in [2.24, 2.45) is 51.8 Å². The molecular formula is C39H56N2O3. The van der Waals surface area contributed by atoms with Gasteiger partial charge in [-0.15, -0.1) is 0 Å². The molecule has 4 saturated carbocycles. The van der Waals surface area contributed by atoms with Crippen molar-refractivity contribution in [1.82, 2.24) is 10.2 Å². The predicted octanol–water partition coefficient (Wildman–Crippen LogP) is 8.06. The lowest BCUT2D eigenvalue weighted by Gasteiger charge is -2.64. The molecule has 1 heterocycles. The Balaban J connectivity index is 1.06. The van der Waals surface area contributed by atoms with Crippen LogP contribution in [0.2, 0.25) is 0 Å². The minimum Gasteiger partial charge on any atom is -0.478 e. The van der Waals surface area contributed by atoms with Gasteiger partial charge in [0.25, 0.3) is 0 Å². The second-order valence-electron chi connectivity index (χ2n) is 16.6. The van der Waals surface area contributed by atoms with Crippen LogP contribution in [0.3, 0.4) is 0 Å². The lowest BCUT2D eigenvalue weighted by Crippen LogP contribution is -2.58. The first-order valence-electron chi connectivity index (χ1n) is 18.2. The fraction of sp³-hybridized carbons (Fsp3) is 0.744. The van der Waals surface area contributed by atoms with E-state index in [1.54, 1.807) is 12.1 Å². The quantitative estimate of drug-likeness (QED) is 0.347. The molecule has 6 unspecified atom stereocenters. The van der Waals surface area contributed by atoms with E-state index in [0.29, 0.717) is 28.7 Å². The Kier molecular flexibility index (Phi) is 8.03. The Morgan fingerprint density at radius 1 is 0.841 bits per heavy atom. The first kappa shape index (κ1) is 30.5. The summed E-state index contributed by atoms with van der Waals surface area (Å²) in [7, 11) is 0. The van der Waals surface area contributed by atoms with Gasteiger partial charge in [0.1, 0.15) is 0 Å². The lowest BCUT2D eigenvalue weighted by atomic mass is 9.40. The second-order valence-corrected chi connectivity index (χ2v) is 16.6. The first-order valence-corrected chi connectivity index (χ1v) is 18.2. The fourth-order valence-corrected chi connectivity index (χ4v) is 12.6. The van der Waals surface area contributed by atoms with Crippen molar-refractivity contribution in [3.8, 4) is 0 Å². The number of nitrogens with zero attached hydrogens (tertiary/aromatic N) is 1. The number of amides is 1. The van der Waals surface area contributed by atoms with Crippen molar-refractivity contribution >= 4 is 17.4 Å². The first-order chi connectivity index (χ1) is 21.1. The van der Waals surface area contributed by atoms with Gasteiger partial charge in [-0.1, -0.05) is 51.8 Å². The van der Waals surface area contributed by atoms with Crippen molar-refractivity contribution in [2.45, 2.75) is 104 Å². The van der Waals surface area contributed by atoms with E-state index >= 15 is 0 Å². The molecule has 2 N–H and O–H groups in total. The molecule has 7 rings (SSSR count). The highest BCUT2D eigenvalue weighted by atomic mass is 16.4. The van der Waals surface area contributed by atoms with E-state index in [-0.39, 0.29) is 10.8 Å². The smallest absolute Gasteiger partial charge is 0.335 e. The van der Waals surface area contributed by atoms with Gasteiger partial charge in [-0.2, -0.15) is 0 Å². The van der Waals surface area contributed by atoms with Crippen LogP contribution >= 0.6 is 0 Å². The van der Waals surface area contributed by atoms with Crippen LogP contribution < -0.4 is 5.32 Å². The number of carboxylic acids is 1. The van der Waals surface area contributed by atoms with Crippen LogP contribution in [0.5, 0.6) is 0 Å². The second kappa shape index (κ2) is 11.6. The Bertz CT molecular complexity index is 1280. The van der Waals surface area contributed by atoms with Crippen LogP contribution in [-0.4, -0.2) is 48.1 Å². The minimum absolute atomic E-state index is 0.0546. The maximum absolute atomic E-state index is 13.9. The highest BCUT2D eigenvalue weighted by molar-refractivity contribution is 5.88. The minimum atomic E-state index is -0.860. The van der Waals surface area contributed by atoms with Gasteiger partial charge in [-0.25, -0.2) is 4.79 Å². The van der Waals surface area contributed by atoms with E-state index in [9.17, 15) is 14.7 Å². The fourth-order valence-electron chi connectivity index (χ4n) is 12.6. The number of likely N-dealkylation sites (tertiary alicyclic amines) is 1. The molecular weight excluding hydrogens is 544 g/mol. The largest absolute Gasteiger partial charge is 0.478 e. The number of fused-ring (bicyclic) bond motifs is 7. The Morgan fingerprint density at radius 2 is 1.57 bits per heavy atom. The molecule has 1 aromatic rings. The van der Waals surface area contributed by atoms with Crippen LogP contribution in [0.1, 0.15) is 120 Å². The zero-order valence-corrected chi connectivity index (χ0v) is 27.6. The average molecular weight is 601 g/mol. The molecule has 5 fully saturated rings. The monoisotopic (exact) mass is 600 g/mol. The van der Waals surface area contributed by atoms with Gasteiger partial charge in [-0.3, -0.25) is 4.79 Å². The number of aromatic carboxylic acids is 1. The van der Waals surface area contributed by atoms with Crippen LogP contribution in [0.4, 0.5) is 0 Å². The third-order valence-corrected chi connectivity index (χ3v) is 14.5. The molecule has 1 amide bonds. The number of piperidine rings is 1. The van der Waals surface area contributed by atoms with Gasteiger partial charge in [0.05, 0.1) is 11.0 Å². The predicted molar refractivity (Wildman–Crippen MR) is 176 cm³/mol. The molecule has 1 aliphatic heterocycles. The zero-order valence-electron chi connectivity index (χ0n) is 27.6. The summed E-state index contributed by atoms with van der Waals surface area (Å²) >= 11 is 0. The number of benzene rings is 1. The summed E-state index contributed by atoms with van der Waals surface area (Å²) < 4.78 is 0. The standard InChI is InChI=1S/C39H56N2O3/c1-37(2)31(26-9-11-27(12-10-26)35(42)43)18-20-38(3)32-15-13-30-28(29(32)14-16-34(37)38)17-21-39(19-7-8-33(30)39)36(44)40-22-25-41-23-5-4-6-24-41/h9-12,18,28-30,32-34H,4-8,13-17,19-25H2,1-3H3,(H,40,44)(H,42,43)/t28?,29?,30?,32?,33?,34?,38-,39+/m1/s1. The SMILES string of the molecule is CC1(C)C(c2ccc(C(=O)O)cc2)=CC[C@]2(C)C3CCC4C(CC[C@@]5(C(=O)NCCN6CCCCC6)CCCC45)C3CCC12. The average Bonchev–Trinajstić information content (AvgIpc) is 3.47. The van der Waals surface area contributed by atoms with Gasteiger partial charge < -0.3 is 15.3 Å². The van der Waals surface area contributed by atoms with Crippen molar-refractivity contribution in [3.05, 3.63) is 41.5 Å². The molecule has 8 atom stereocenters. The van der Waals surface area contributed by atoms with E-state index in [2.05, 4.69) is 37.1 Å². The summed E-state index contributed by atoms with van der Waals surface area (Å²) in [4.78, 5) is 27.9. The third-order valence-electron chi connectivity index (χ3n) is 14.5. The number of carboxylic acid groups (broad SMARTS) is 1. The van der Waals surface area contributed by atoms with Crippen molar-refractivity contribution in [1.29, 1.82) is 0 Å². The molecule has 5 heteroatoms. The topological polar surface area (TPSA) is 69.6 Å². The van der Waals surface area contributed by atoms with Gasteiger partial charge >= 0.3 is 5.97 Å². The summed E-state index contributed by atoms with van der Waals surface area (Å²) in [5, 5.41) is 12.9. The van der Waals surface area contributed by atoms with Crippen molar-refractivity contribution < 1.29 is 14.7 Å². The molecule has 0 aromatic heterocycles. The number of rotatable bonds is 6. The van der Waals surface area contributed by atoms with E-state index in [0.717, 1.165) is 56.0 Å². The maximum Gasteiger partial charge on any atom is 0.335 e. The number of hydrogen-bond acceptors (Lipinski definition) is 3. The lowest BCUT2D eigenvalue weighted by molar-refractivity contribution is -0.151.